The van der Waals surface area contributed by atoms with E-state index in [1.807, 2.05) is 0 Å². The predicted molar refractivity (Wildman–Crippen MR) is 73.1 cm³/mol. The lowest BCUT2D eigenvalue weighted by Crippen LogP contribution is -2.49. The number of rotatable bonds is 5. The second-order valence-corrected chi connectivity index (χ2v) is 6.05. The lowest BCUT2D eigenvalue weighted by Gasteiger charge is -2.39. The molecule has 0 saturated carbocycles. The highest BCUT2D eigenvalue weighted by molar-refractivity contribution is 5.73. The molecule has 2 rings (SSSR count). The SMILES string of the molecule is CC(CO)CN1CCC(N2CCCC2C(=O)O)CC1. The van der Waals surface area contributed by atoms with Crippen LogP contribution in [0.25, 0.3) is 0 Å². The molecule has 0 spiro atoms. The molecular weight excluding hydrogens is 244 g/mol. The first kappa shape index (κ1) is 14.8. The van der Waals surface area contributed by atoms with Crippen LogP contribution in [0.2, 0.25) is 0 Å². The quantitative estimate of drug-likeness (QED) is 0.767. The third-order valence-corrected chi connectivity index (χ3v) is 4.49. The average Bonchev–Trinajstić information content (AvgIpc) is 2.89. The third kappa shape index (κ3) is 3.68. The number of nitrogens with zero attached hydrogens (tertiary/aromatic N) is 2. The summed E-state index contributed by atoms with van der Waals surface area (Å²) < 4.78 is 0. The van der Waals surface area contributed by atoms with E-state index in [2.05, 4.69) is 16.7 Å². The number of hydrogen-bond donors (Lipinski definition) is 2. The van der Waals surface area contributed by atoms with Crippen LogP contribution in [0, 0.1) is 5.92 Å². The van der Waals surface area contributed by atoms with Crippen molar-refractivity contribution in [3.05, 3.63) is 0 Å². The van der Waals surface area contributed by atoms with Crippen LogP contribution in [-0.4, -0.2) is 70.9 Å². The van der Waals surface area contributed by atoms with E-state index < -0.39 is 5.97 Å². The smallest absolute Gasteiger partial charge is 0.320 e. The van der Waals surface area contributed by atoms with Crippen molar-refractivity contribution in [1.29, 1.82) is 0 Å². The Balaban J connectivity index is 1.81. The first-order valence-corrected chi connectivity index (χ1v) is 7.43. The number of carboxylic acids is 1. The Morgan fingerprint density at radius 2 is 1.95 bits per heavy atom. The first-order valence-electron chi connectivity index (χ1n) is 7.43. The minimum atomic E-state index is -0.658. The zero-order chi connectivity index (χ0) is 13.8. The summed E-state index contributed by atoms with van der Waals surface area (Å²) in [6.07, 6.45) is 3.93. The second kappa shape index (κ2) is 6.68. The van der Waals surface area contributed by atoms with Crippen LogP contribution in [0.1, 0.15) is 32.6 Å². The summed E-state index contributed by atoms with van der Waals surface area (Å²) in [5.41, 5.74) is 0. The van der Waals surface area contributed by atoms with Gasteiger partial charge < -0.3 is 15.1 Å². The molecule has 0 aromatic rings. The summed E-state index contributed by atoms with van der Waals surface area (Å²) in [7, 11) is 0. The molecule has 19 heavy (non-hydrogen) atoms. The maximum Gasteiger partial charge on any atom is 0.320 e. The van der Waals surface area contributed by atoms with E-state index in [0.29, 0.717) is 12.0 Å². The summed E-state index contributed by atoms with van der Waals surface area (Å²) in [5, 5.41) is 18.3. The molecular formula is C14H26N2O3. The highest BCUT2D eigenvalue weighted by Gasteiger charge is 2.36. The van der Waals surface area contributed by atoms with Crippen molar-refractivity contribution in [2.24, 2.45) is 5.92 Å². The number of aliphatic hydroxyl groups is 1. The number of likely N-dealkylation sites (tertiary alicyclic amines) is 2. The van der Waals surface area contributed by atoms with Crippen molar-refractivity contribution in [1.82, 2.24) is 9.80 Å². The van der Waals surface area contributed by atoms with Crippen LogP contribution < -0.4 is 0 Å². The van der Waals surface area contributed by atoms with Gasteiger partial charge in [-0.15, -0.1) is 0 Å². The predicted octanol–water partition coefficient (Wildman–Crippen LogP) is 0.628. The lowest BCUT2D eigenvalue weighted by atomic mass is 10.0. The van der Waals surface area contributed by atoms with Gasteiger partial charge in [-0.3, -0.25) is 9.69 Å². The van der Waals surface area contributed by atoms with Gasteiger partial charge in [-0.1, -0.05) is 6.92 Å². The maximum atomic E-state index is 11.2. The van der Waals surface area contributed by atoms with E-state index >= 15 is 0 Å². The van der Waals surface area contributed by atoms with Gasteiger partial charge in [-0.25, -0.2) is 0 Å². The topological polar surface area (TPSA) is 64.0 Å². The highest BCUT2D eigenvalue weighted by atomic mass is 16.4. The molecule has 2 heterocycles. The van der Waals surface area contributed by atoms with Crippen molar-refractivity contribution < 1.29 is 15.0 Å². The fraction of sp³-hybridized carbons (Fsp3) is 0.929. The maximum absolute atomic E-state index is 11.2. The molecule has 5 nitrogen and oxygen atoms in total. The van der Waals surface area contributed by atoms with E-state index in [4.69, 9.17) is 5.11 Å². The molecule has 0 aromatic heterocycles. The largest absolute Gasteiger partial charge is 0.480 e. The number of aliphatic carboxylic acids is 1. The van der Waals surface area contributed by atoms with Crippen molar-refractivity contribution in [2.75, 3.05) is 32.8 Å². The van der Waals surface area contributed by atoms with Crippen LogP contribution in [-0.2, 0) is 4.79 Å². The van der Waals surface area contributed by atoms with E-state index in [9.17, 15) is 9.90 Å². The summed E-state index contributed by atoms with van der Waals surface area (Å²) in [6, 6.07) is 0.178. The number of hydrogen-bond acceptors (Lipinski definition) is 4. The highest BCUT2D eigenvalue weighted by Crippen LogP contribution is 2.26. The van der Waals surface area contributed by atoms with Crippen LogP contribution in [0.3, 0.4) is 0 Å². The van der Waals surface area contributed by atoms with Gasteiger partial charge in [0.15, 0.2) is 0 Å². The second-order valence-electron chi connectivity index (χ2n) is 6.05. The molecule has 0 radical (unpaired) electrons. The Morgan fingerprint density at radius 3 is 2.53 bits per heavy atom. The van der Waals surface area contributed by atoms with E-state index in [1.54, 1.807) is 0 Å². The molecule has 2 aliphatic rings. The molecule has 110 valence electrons. The minimum absolute atomic E-state index is 0.243. The number of aliphatic hydroxyl groups excluding tert-OH is 1. The van der Waals surface area contributed by atoms with Crippen LogP contribution >= 0.6 is 0 Å². The first-order chi connectivity index (χ1) is 9.11. The monoisotopic (exact) mass is 270 g/mol. The molecule has 2 atom stereocenters. The molecule has 2 fully saturated rings. The van der Waals surface area contributed by atoms with Crippen LogP contribution in [0.4, 0.5) is 0 Å². The molecule has 2 unspecified atom stereocenters. The molecule has 2 N–H and O–H groups in total. The zero-order valence-electron chi connectivity index (χ0n) is 11.8. The molecule has 2 aliphatic heterocycles. The fourth-order valence-corrected chi connectivity index (χ4v) is 3.42. The zero-order valence-corrected chi connectivity index (χ0v) is 11.8. The molecule has 2 saturated heterocycles. The van der Waals surface area contributed by atoms with Gasteiger partial charge in [0.05, 0.1) is 0 Å². The standard InChI is InChI=1S/C14H26N2O3/c1-11(10-17)9-15-7-4-12(5-8-15)16-6-2-3-13(16)14(18)19/h11-13,17H,2-10H2,1H3,(H,18,19). The molecule has 0 aromatic carbocycles. The Kier molecular flexibility index (Phi) is 5.19. The molecule has 0 bridgehead atoms. The normalized spacial score (nSPS) is 28.6. The summed E-state index contributed by atoms with van der Waals surface area (Å²) in [4.78, 5) is 15.8. The summed E-state index contributed by atoms with van der Waals surface area (Å²) >= 11 is 0. The third-order valence-electron chi connectivity index (χ3n) is 4.49. The fourth-order valence-electron chi connectivity index (χ4n) is 3.42. The Bertz CT molecular complexity index is 303. The minimum Gasteiger partial charge on any atom is -0.480 e. The van der Waals surface area contributed by atoms with Gasteiger partial charge in [0.25, 0.3) is 0 Å². The van der Waals surface area contributed by atoms with E-state index in [1.165, 1.54) is 0 Å². The van der Waals surface area contributed by atoms with Gasteiger partial charge in [0, 0.05) is 19.2 Å². The van der Waals surface area contributed by atoms with Crippen molar-refractivity contribution in [3.63, 3.8) is 0 Å². The van der Waals surface area contributed by atoms with Gasteiger partial charge in [0.2, 0.25) is 0 Å². The number of piperidine rings is 1. The number of carbonyl (C=O) groups is 1. The van der Waals surface area contributed by atoms with Crippen molar-refractivity contribution >= 4 is 5.97 Å². The summed E-state index contributed by atoms with van der Waals surface area (Å²) in [6.45, 7) is 6.25. The van der Waals surface area contributed by atoms with Crippen molar-refractivity contribution in [2.45, 2.75) is 44.7 Å². The Labute approximate surface area is 115 Å². The van der Waals surface area contributed by atoms with Gasteiger partial charge in [-0.2, -0.15) is 0 Å². The van der Waals surface area contributed by atoms with Gasteiger partial charge in [-0.05, 0) is 51.2 Å². The number of carboxylic acid groups (broad SMARTS) is 1. The van der Waals surface area contributed by atoms with Crippen molar-refractivity contribution in [3.8, 4) is 0 Å². The molecule has 0 aliphatic carbocycles. The van der Waals surface area contributed by atoms with Gasteiger partial charge in [0.1, 0.15) is 6.04 Å². The molecule has 0 amide bonds. The average molecular weight is 270 g/mol. The van der Waals surface area contributed by atoms with Gasteiger partial charge >= 0.3 is 5.97 Å². The molecule has 5 heteroatoms. The van der Waals surface area contributed by atoms with Crippen LogP contribution in [0.5, 0.6) is 0 Å². The summed E-state index contributed by atoms with van der Waals surface area (Å²) in [5.74, 6) is -0.330. The van der Waals surface area contributed by atoms with E-state index in [-0.39, 0.29) is 12.6 Å². The Hall–Kier alpha value is -0.650. The van der Waals surface area contributed by atoms with E-state index in [0.717, 1.165) is 51.9 Å². The lowest BCUT2D eigenvalue weighted by molar-refractivity contribution is -0.143. The van der Waals surface area contributed by atoms with Crippen LogP contribution in [0.15, 0.2) is 0 Å². The Morgan fingerprint density at radius 1 is 1.26 bits per heavy atom.